The molecule has 0 radical (unpaired) electrons. The lowest BCUT2D eigenvalue weighted by molar-refractivity contribution is -0.133. The molecule has 0 aliphatic heterocycles. The molecular weight excluding hydrogens is 323 g/mol. The van der Waals surface area contributed by atoms with E-state index in [1.807, 2.05) is 0 Å². The van der Waals surface area contributed by atoms with E-state index in [4.69, 9.17) is 5.73 Å². The van der Waals surface area contributed by atoms with Crippen molar-refractivity contribution in [1.29, 1.82) is 0 Å². The Hall–Kier alpha value is -1.93. The summed E-state index contributed by atoms with van der Waals surface area (Å²) in [7, 11) is 1.78. The Labute approximate surface area is 139 Å². The molecule has 24 heavy (non-hydrogen) atoms. The Balaban J connectivity index is 2.64. The minimum absolute atomic E-state index is 0.0468. The smallest absolute Gasteiger partial charge is 0.224 e. The lowest BCUT2D eigenvalue weighted by Crippen LogP contribution is -2.39. The average molecular weight is 345 g/mol. The van der Waals surface area contributed by atoms with Gasteiger partial charge < -0.3 is 20.7 Å². The Kier molecular flexibility index (Phi) is 8.42. The number of amides is 1. The minimum atomic E-state index is -1.28. The van der Waals surface area contributed by atoms with Crippen molar-refractivity contribution in [1.82, 2.24) is 10.2 Å². The van der Waals surface area contributed by atoms with Crippen LogP contribution in [0.4, 0.5) is 13.2 Å². The van der Waals surface area contributed by atoms with Gasteiger partial charge in [0.25, 0.3) is 0 Å². The lowest BCUT2D eigenvalue weighted by atomic mass is 10.0. The van der Waals surface area contributed by atoms with E-state index in [1.165, 1.54) is 4.90 Å². The molecule has 1 aromatic carbocycles. The Morgan fingerprint density at radius 1 is 1.29 bits per heavy atom. The molecule has 0 heterocycles. The normalized spacial score (nSPS) is 12.0. The Bertz CT molecular complexity index is 570. The van der Waals surface area contributed by atoms with Crippen molar-refractivity contribution in [3.8, 4) is 0 Å². The van der Waals surface area contributed by atoms with Gasteiger partial charge in [-0.25, -0.2) is 13.2 Å². The first-order valence-corrected chi connectivity index (χ1v) is 7.64. The van der Waals surface area contributed by atoms with E-state index in [1.54, 1.807) is 7.05 Å². The van der Waals surface area contributed by atoms with Crippen LogP contribution in [0, 0.1) is 17.5 Å². The first-order chi connectivity index (χ1) is 11.4. The van der Waals surface area contributed by atoms with Gasteiger partial charge in [-0.1, -0.05) is 0 Å². The topological polar surface area (TPSA) is 75.4 Å². The van der Waals surface area contributed by atoms with Gasteiger partial charge >= 0.3 is 0 Å². The fourth-order valence-corrected chi connectivity index (χ4v) is 2.28. The molecule has 0 spiro atoms. The minimum Gasteiger partial charge on any atom is -0.336 e. The summed E-state index contributed by atoms with van der Waals surface area (Å²) in [6.07, 6.45) is 1.06. The average Bonchev–Trinajstić information content (AvgIpc) is 2.51. The van der Waals surface area contributed by atoms with Crippen molar-refractivity contribution in [2.75, 3.05) is 26.7 Å². The summed E-state index contributed by atoms with van der Waals surface area (Å²) < 4.78 is 39.7. The number of nitrogens with zero attached hydrogens (tertiary/aromatic N) is 1. The quantitative estimate of drug-likeness (QED) is 0.377. The van der Waals surface area contributed by atoms with Crippen LogP contribution in [-0.4, -0.2) is 49.8 Å². The molecule has 0 aliphatic carbocycles. The van der Waals surface area contributed by atoms with E-state index in [-0.39, 0.29) is 30.9 Å². The van der Waals surface area contributed by atoms with E-state index in [9.17, 15) is 22.8 Å². The molecule has 0 bridgehead atoms. The second-order valence-corrected chi connectivity index (χ2v) is 5.49. The van der Waals surface area contributed by atoms with E-state index in [0.29, 0.717) is 31.9 Å². The van der Waals surface area contributed by atoms with Crippen molar-refractivity contribution >= 4 is 12.2 Å². The van der Waals surface area contributed by atoms with Crippen molar-refractivity contribution in [2.45, 2.75) is 25.3 Å². The Morgan fingerprint density at radius 2 is 1.96 bits per heavy atom. The number of benzene rings is 1. The van der Waals surface area contributed by atoms with Crippen LogP contribution in [0.3, 0.4) is 0 Å². The number of aldehydes is 1. The second kappa shape index (κ2) is 10.0. The lowest BCUT2D eigenvalue weighted by Gasteiger charge is -2.22. The van der Waals surface area contributed by atoms with Gasteiger partial charge in [0.15, 0.2) is 11.6 Å². The zero-order valence-electron chi connectivity index (χ0n) is 13.5. The van der Waals surface area contributed by atoms with Crippen LogP contribution in [0.1, 0.15) is 18.4 Å². The molecule has 0 aliphatic rings. The number of nitrogens with one attached hydrogen (secondary N) is 1. The van der Waals surface area contributed by atoms with Crippen LogP contribution in [0.2, 0.25) is 0 Å². The van der Waals surface area contributed by atoms with E-state index < -0.39 is 23.5 Å². The highest BCUT2D eigenvalue weighted by Crippen LogP contribution is 2.16. The van der Waals surface area contributed by atoms with E-state index in [0.717, 1.165) is 6.07 Å². The number of hydrogen-bond donors (Lipinski definition) is 2. The Morgan fingerprint density at radius 3 is 2.58 bits per heavy atom. The zero-order valence-corrected chi connectivity index (χ0v) is 13.5. The molecule has 1 rings (SSSR count). The van der Waals surface area contributed by atoms with Gasteiger partial charge in [-0.3, -0.25) is 4.79 Å². The first kappa shape index (κ1) is 20.1. The fourth-order valence-electron chi connectivity index (χ4n) is 2.28. The molecule has 0 fully saturated rings. The molecule has 0 aromatic heterocycles. The highest BCUT2D eigenvalue weighted by Gasteiger charge is 2.19. The third kappa shape index (κ3) is 6.29. The molecule has 1 atom stereocenters. The predicted octanol–water partition coefficient (Wildman–Crippen LogP) is 1.00. The van der Waals surface area contributed by atoms with E-state index >= 15 is 0 Å². The van der Waals surface area contributed by atoms with Crippen molar-refractivity contribution in [2.24, 2.45) is 5.73 Å². The molecule has 0 saturated heterocycles. The molecule has 5 nitrogen and oxygen atoms in total. The summed E-state index contributed by atoms with van der Waals surface area (Å²) in [6, 6.07) is 0.427. The second-order valence-electron chi connectivity index (χ2n) is 5.49. The van der Waals surface area contributed by atoms with Crippen LogP contribution < -0.4 is 11.1 Å². The summed E-state index contributed by atoms with van der Waals surface area (Å²) in [6.45, 7) is 1.04. The first-order valence-electron chi connectivity index (χ1n) is 7.64. The van der Waals surface area contributed by atoms with Gasteiger partial charge in [-0.05, 0) is 38.1 Å². The molecule has 3 N–H and O–H groups in total. The van der Waals surface area contributed by atoms with Crippen molar-refractivity contribution < 1.29 is 22.8 Å². The van der Waals surface area contributed by atoms with Gasteiger partial charge in [0.05, 0.1) is 6.54 Å². The molecule has 1 amide bonds. The maximum absolute atomic E-state index is 13.6. The highest BCUT2D eigenvalue weighted by atomic mass is 19.2. The van der Waals surface area contributed by atoms with Gasteiger partial charge in [0.2, 0.25) is 5.91 Å². The molecule has 8 heteroatoms. The largest absolute Gasteiger partial charge is 0.336 e. The molecule has 134 valence electrons. The van der Waals surface area contributed by atoms with Gasteiger partial charge in [0.1, 0.15) is 12.1 Å². The van der Waals surface area contributed by atoms with Gasteiger partial charge in [-0.2, -0.15) is 0 Å². The number of halogens is 3. The third-order valence-corrected chi connectivity index (χ3v) is 3.51. The van der Waals surface area contributed by atoms with Crippen LogP contribution in [0.5, 0.6) is 0 Å². The van der Waals surface area contributed by atoms with Gasteiger partial charge in [-0.15, -0.1) is 0 Å². The fraction of sp³-hybridized carbons (Fsp3) is 0.500. The molecule has 1 aromatic rings. The molecule has 0 saturated carbocycles. The standard InChI is InChI=1S/C16H22F3N3O2/c1-21-3-2-4-22(5-6-23)16(24)9-12(20)7-11-8-14(18)15(19)10-13(11)17/h6,8,10,12,21H,2-5,7,9,20H2,1H3/t12-/m1/s1. The summed E-state index contributed by atoms with van der Waals surface area (Å²) in [4.78, 5) is 24.2. The SMILES string of the molecule is CNCCCN(CC=O)C(=O)C[C@H](N)Cc1cc(F)c(F)cc1F. The van der Waals surface area contributed by atoms with Crippen molar-refractivity contribution in [3.05, 3.63) is 35.1 Å². The van der Waals surface area contributed by atoms with Gasteiger partial charge in [0, 0.05) is 25.1 Å². The van der Waals surface area contributed by atoms with Crippen LogP contribution >= 0.6 is 0 Å². The number of carbonyl (C=O) groups excluding carboxylic acids is 2. The summed E-state index contributed by atoms with van der Waals surface area (Å²) in [5.41, 5.74) is 5.73. The number of carbonyl (C=O) groups is 2. The van der Waals surface area contributed by atoms with Crippen LogP contribution in [0.15, 0.2) is 12.1 Å². The van der Waals surface area contributed by atoms with Crippen LogP contribution in [0.25, 0.3) is 0 Å². The number of nitrogens with two attached hydrogens (primary N) is 1. The summed E-state index contributed by atoms with van der Waals surface area (Å²) >= 11 is 0. The zero-order chi connectivity index (χ0) is 18.1. The molecular formula is C16H22F3N3O2. The summed E-state index contributed by atoms with van der Waals surface area (Å²) in [5.74, 6) is -3.69. The monoisotopic (exact) mass is 345 g/mol. The third-order valence-electron chi connectivity index (χ3n) is 3.51. The summed E-state index contributed by atoms with van der Waals surface area (Å²) in [5, 5.41) is 2.93. The molecule has 0 unspecified atom stereocenters. The highest BCUT2D eigenvalue weighted by molar-refractivity contribution is 5.79. The predicted molar refractivity (Wildman–Crippen MR) is 83.8 cm³/mol. The van der Waals surface area contributed by atoms with Crippen LogP contribution in [-0.2, 0) is 16.0 Å². The number of rotatable bonds is 10. The maximum atomic E-state index is 13.6. The number of hydrogen-bond acceptors (Lipinski definition) is 4. The van der Waals surface area contributed by atoms with E-state index in [2.05, 4.69) is 5.32 Å². The maximum Gasteiger partial charge on any atom is 0.224 e. The van der Waals surface area contributed by atoms with Crippen molar-refractivity contribution in [3.63, 3.8) is 0 Å².